The van der Waals surface area contributed by atoms with Crippen LogP contribution >= 0.6 is 12.2 Å². The number of nitrogens with zero attached hydrogens (tertiary/aromatic N) is 1. The van der Waals surface area contributed by atoms with E-state index in [9.17, 15) is 0 Å². The lowest BCUT2D eigenvalue weighted by Gasteiger charge is -2.15. The maximum atomic E-state index is 5.44. The predicted octanol–water partition coefficient (Wildman–Crippen LogP) is 4.39. The summed E-state index contributed by atoms with van der Waals surface area (Å²) in [5.41, 5.74) is 1.30. The number of aromatic nitrogens is 2. The monoisotopic (exact) mass is 238 g/mol. The van der Waals surface area contributed by atoms with Gasteiger partial charge < -0.3 is 5.10 Å². The van der Waals surface area contributed by atoms with Crippen LogP contribution in [-0.4, -0.2) is 9.78 Å². The Morgan fingerprint density at radius 3 is 2.62 bits per heavy atom. The van der Waals surface area contributed by atoms with Gasteiger partial charge in [0.1, 0.15) is 4.64 Å². The standard InChI is InChI=1S/C13H22N2S/c1-2-7-11-10-13(16)15(14-11)12-8-5-3-4-6-9-12/h10,12,14H,2-9H2,1H3. The van der Waals surface area contributed by atoms with Crippen LogP contribution in [0.25, 0.3) is 0 Å². The summed E-state index contributed by atoms with van der Waals surface area (Å²) in [7, 11) is 0. The molecule has 0 spiro atoms. The third-order valence-corrected chi connectivity index (χ3v) is 3.82. The summed E-state index contributed by atoms with van der Waals surface area (Å²) >= 11 is 5.44. The molecule has 1 heterocycles. The van der Waals surface area contributed by atoms with Crippen LogP contribution in [0.4, 0.5) is 0 Å². The molecule has 90 valence electrons. The van der Waals surface area contributed by atoms with E-state index in [0.29, 0.717) is 6.04 Å². The normalized spacial score (nSPS) is 18.6. The highest BCUT2D eigenvalue weighted by molar-refractivity contribution is 7.71. The molecule has 1 aromatic heterocycles. The molecule has 1 fully saturated rings. The van der Waals surface area contributed by atoms with E-state index in [0.717, 1.165) is 11.1 Å². The Kier molecular flexibility index (Phi) is 4.22. The Bertz CT molecular complexity index is 370. The average molecular weight is 238 g/mol. The molecule has 1 aliphatic carbocycles. The fourth-order valence-electron chi connectivity index (χ4n) is 2.65. The Labute approximate surface area is 103 Å². The minimum Gasteiger partial charge on any atom is -0.301 e. The van der Waals surface area contributed by atoms with Crippen molar-refractivity contribution in [1.82, 2.24) is 9.78 Å². The summed E-state index contributed by atoms with van der Waals surface area (Å²) in [6, 6.07) is 2.77. The smallest absolute Gasteiger partial charge is 0.122 e. The maximum absolute atomic E-state index is 5.44. The zero-order valence-electron chi connectivity index (χ0n) is 10.2. The van der Waals surface area contributed by atoms with Crippen LogP contribution in [0.2, 0.25) is 0 Å². The second-order valence-corrected chi connectivity index (χ2v) is 5.30. The molecular weight excluding hydrogens is 216 g/mol. The van der Waals surface area contributed by atoms with Crippen molar-refractivity contribution in [1.29, 1.82) is 0 Å². The summed E-state index contributed by atoms with van der Waals surface area (Å²) in [6.07, 6.45) is 10.4. The summed E-state index contributed by atoms with van der Waals surface area (Å²) < 4.78 is 3.24. The fraction of sp³-hybridized carbons (Fsp3) is 0.769. The van der Waals surface area contributed by atoms with E-state index >= 15 is 0 Å². The van der Waals surface area contributed by atoms with Crippen LogP contribution in [0.15, 0.2) is 6.07 Å². The molecule has 2 rings (SSSR count). The van der Waals surface area contributed by atoms with E-state index in [1.54, 1.807) is 0 Å². The molecule has 0 aromatic carbocycles. The molecule has 0 saturated heterocycles. The zero-order valence-corrected chi connectivity index (χ0v) is 11.0. The predicted molar refractivity (Wildman–Crippen MR) is 70.4 cm³/mol. The molecule has 0 atom stereocenters. The Hall–Kier alpha value is -0.570. The summed E-state index contributed by atoms with van der Waals surface area (Å²) in [5.74, 6) is 0. The third kappa shape index (κ3) is 2.76. The number of nitrogens with one attached hydrogen (secondary N) is 1. The average Bonchev–Trinajstić information content (AvgIpc) is 2.52. The quantitative estimate of drug-likeness (QED) is 0.611. The molecule has 0 aliphatic heterocycles. The summed E-state index contributed by atoms with van der Waals surface area (Å²) in [6.45, 7) is 2.21. The van der Waals surface area contributed by atoms with E-state index in [1.807, 2.05) is 0 Å². The van der Waals surface area contributed by atoms with Gasteiger partial charge in [-0.15, -0.1) is 0 Å². The van der Waals surface area contributed by atoms with Crippen molar-refractivity contribution in [3.63, 3.8) is 0 Å². The van der Waals surface area contributed by atoms with Crippen LogP contribution in [0.3, 0.4) is 0 Å². The van der Waals surface area contributed by atoms with Gasteiger partial charge >= 0.3 is 0 Å². The highest BCUT2D eigenvalue weighted by Gasteiger charge is 2.15. The third-order valence-electron chi connectivity index (χ3n) is 3.51. The van der Waals surface area contributed by atoms with Crippen molar-refractivity contribution in [2.45, 2.75) is 64.3 Å². The lowest BCUT2D eigenvalue weighted by molar-refractivity contribution is 0.399. The number of hydrogen-bond acceptors (Lipinski definition) is 1. The van der Waals surface area contributed by atoms with Crippen LogP contribution in [-0.2, 0) is 6.42 Å². The zero-order chi connectivity index (χ0) is 11.4. The number of rotatable bonds is 3. The summed E-state index contributed by atoms with van der Waals surface area (Å²) in [5, 5.41) is 3.49. The molecule has 0 unspecified atom stereocenters. The van der Waals surface area contributed by atoms with E-state index in [1.165, 1.54) is 50.6 Å². The maximum Gasteiger partial charge on any atom is 0.122 e. The second kappa shape index (κ2) is 5.67. The molecule has 3 heteroatoms. The first-order valence-electron chi connectivity index (χ1n) is 6.61. The summed E-state index contributed by atoms with van der Waals surface area (Å²) in [4.78, 5) is 0. The highest BCUT2D eigenvalue weighted by Crippen LogP contribution is 2.27. The van der Waals surface area contributed by atoms with Gasteiger partial charge in [0.15, 0.2) is 0 Å². The van der Waals surface area contributed by atoms with Crippen molar-refractivity contribution in [3.05, 3.63) is 16.4 Å². The number of H-pyrrole nitrogens is 1. The van der Waals surface area contributed by atoms with Gasteiger partial charge in [0.25, 0.3) is 0 Å². The van der Waals surface area contributed by atoms with Gasteiger partial charge in [-0.3, -0.25) is 4.68 Å². The molecule has 1 N–H and O–H groups in total. The molecule has 1 aromatic rings. The van der Waals surface area contributed by atoms with Crippen LogP contribution in [0.5, 0.6) is 0 Å². The van der Waals surface area contributed by atoms with Gasteiger partial charge in [0.2, 0.25) is 0 Å². The van der Waals surface area contributed by atoms with Gasteiger partial charge in [-0.05, 0) is 25.3 Å². The topological polar surface area (TPSA) is 20.7 Å². The fourth-order valence-corrected chi connectivity index (χ4v) is 2.98. The lowest BCUT2D eigenvalue weighted by atomic mass is 10.1. The van der Waals surface area contributed by atoms with Crippen molar-refractivity contribution >= 4 is 12.2 Å². The number of aryl methyl sites for hydroxylation is 1. The Morgan fingerprint density at radius 1 is 1.31 bits per heavy atom. The van der Waals surface area contributed by atoms with Crippen LogP contribution in [0.1, 0.15) is 63.6 Å². The van der Waals surface area contributed by atoms with E-state index in [2.05, 4.69) is 22.8 Å². The molecule has 16 heavy (non-hydrogen) atoms. The molecule has 2 nitrogen and oxygen atoms in total. The van der Waals surface area contributed by atoms with Crippen molar-refractivity contribution in [2.75, 3.05) is 0 Å². The molecular formula is C13H22N2S. The van der Waals surface area contributed by atoms with E-state index in [-0.39, 0.29) is 0 Å². The molecule has 0 bridgehead atoms. The Balaban J connectivity index is 2.14. The molecule has 0 radical (unpaired) electrons. The first-order chi connectivity index (χ1) is 7.81. The van der Waals surface area contributed by atoms with Gasteiger partial charge in [-0.2, -0.15) is 0 Å². The molecule has 1 saturated carbocycles. The van der Waals surface area contributed by atoms with Crippen LogP contribution < -0.4 is 0 Å². The van der Waals surface area contributed by atoms with Crippen LogP contribution in [0, 0.1) is 4.64 Å². The van der Waals surface area contributed by atoms with E-state index in [4.69, 9.17) is 12.2 Å². The molecule has 0 amide bonds. The van der Waals surface area contributed by atoms with Crippen molar-refractivity contribution < 1.29 is 0 Å². The van der Waals surface area contributed by atoms with Crippen molar-refractivity contribution in [2.24, 2.45) is 0 Å². The van der Waals surface area contributed by atoms with Gasteiger partial charge in [-0.25, -0.2) is 0 Å². The minimum atomic E-state index is 0.626. The Morgan fingerprint density at radius 2 is 2.00 bits per heavy atom. The molecule has 1 aliphatic rings. The minimum absolute atomic E-state index is 0.626. The van der Waals surface area contributed by atoms with E-state index < -0.39 is 0 Å². The number of aromatic amines is 1. The first kappa shape index (κ1) is 11.9. The first-order valence-corrected chi connectivity index (χ1v) is 7.02. The SMILES string of the molecule is CCCc1cc(=S)n(C2CCCCCC2)[nH]1. The van der Waals surface area contributed by atoms with Crippen molar-refractivity contribution in [3.8, 4) is 0 Å². The largest absolute Gasteiger partial charge is 0.301 e. The number of hydrogen-bond donors (Lipinski definition) is 1. The van der Waals surface area contributed by atoms with Gasteiger partial charge in [0, 0.05) is 5.69 Å². The second-order valence-electron chi connectivity index (χ2n) is 4.89. The van der Waals surface area contributed by atoms with Gasteiger partial charge in [0.05, 0.1) is 6.04 Å². The lowest BCUT2D eigenvalue weighted by Crippen LogP contribution is -2.10. The van der Waals surface area contributed by atoms with Gasteiger partial charge in [-0.1, -0.05) is 51.2 Å². The highest BCUT2D eigenvalue weighted by atomic mass is 32.1.